The molecule has 0 aromatic rings. The summed E-state index contributed by atoms with van der Waals surface area (Å²) >= 11 is 0. The molecule has 4 heteroatoms. The van der Waals surface area contributed by atoms with Gasteiger partial charge in [-0.25, -0.2) is 0 Å². The summed E-state index contributed by atoms with van der Waals surface area (Å²) in [6, 6.07) is 0.0602. The Hall–Kier alpha value is -0.610. The maximum Gasteiger partial charge on any atom is 0.305 e. The largest absolute Gasteiger partial charge is 0.481 e. The van der Waals surface area contributed by atoms with Crippen LogP contribution < -0.4 is 0 Å². The van der Waals surface area contributed by atoms with Crippen LogP contribution in [0.5, 0.6) is 0 Å². The third kappa shape index (κ3) is 3.32. The molecule has 0 aromatic heterocycles. The van der Waals surface area contributed by atoms with Crippen LogP contribution in [0.3, 0.4) is 0 Å². The number of rotatable bonds is 5. The van der Waals surface area contributed by atoms with Crippen molar-refractivity contribution >= 4 is 5.97 Å². The van der Waals surface area contributed by atoms with Gasteiger partial charge in [0.25, 0.3) is 0 Å². The molecule has 76 valence electrons. The molecule has 0 saturated carbocycles. The molecular weight excluding hydrogens is 170 g/mol. The Morgan fingerprint density at radius 3 is 2.62 bits per heavy atom. The summed E-state index contributed by atoms with van der Waals surface area (Å²) in [6.45, 7) is 2.55. The molecule has 1 aliphatic rings. The predicted molar refractivity (Wildman–Crippen MR) is 48.7 cm³/mol. The van der Waals surface area contributed by atoms with Crippen LogP contribution >= 0.6 is 0 Å². The Labute approximate surface area is 78.5 Å². The predicted octanol–water partition coefficient (Wildman–Crippen LogP) is 0.572. The van der Waals surface area contributed by atoms with Crippen molar-refractivity contribution < 1.29 is 14.6 Å². The van der Waals surface area contributed by atoms with Crippen LogP contribution in [-0.2, 0) is 9.53 Å². The van der Waals surface area contributed by atoms with Gasteiger partial charge in [0.2, 0.25) is 0 Å². The molecule has 0 radical (unpaired) electrons. The highest BCUT2D eigenvalue weighted by atomic mass is 16.5. The van der Waals surface area contributed by atoms with Crippen molar-refractivity contribution in [1.29, 1.82) is 0 Å². The van der Waals surface area contributed by atoms with Crippen molar-refractivity contribution in [2.75, 3.05) is 26.8 Å². The molecule has 1 fully saturated rings. The summed E-state index contributed by atoms with van der Waals surface area (Å²) < 4.78 is 5.01. The summed E-state index contributed by atoms with van der Waals surface area (Å²) in [5.74, 6) is -0.742. The summed E-state index contributed by atoms with van der Waals surface area (Å²) in [5.41, 5.74) is 0. The topological polar surface area (TPSA) is 49.8 Å². The van der Waals surface area contributed by atoms with E-state index in [9.17, 15) is 4.79 Å². The van der Waals surface area contributed by atoms with Crippen LogP contribution in [0, 0.1) is 0 Å². The van der Waals surface area contributed by atoms with E-state index in [0.29, 0.717) is 6.61 Å². The van der Waals surface area contributed by atoms with Gasteiger partial charge in [-0.05, 0) is 25.9 Å². The van der Waals surface area contributed by atoms with Crippen molar-refractivity contribution in [3.63, 3.8) is 0 Å². The van der Waals surface area contributed by atoms with Gasteiger partial charge in [-0.2, -0.15) is 0 Å². The fourth-order valence-corrected chi connectivity index (χ4v) is 1.79. The minimum atomic E-state index is -0.742. The van der Waals surface area contributed by atoms with Gasteiger partial charge in [-0.15, -0.1) is 0 Å². The highest BCUT2D eigenvalue weighted by Gasteiger charge is 2.23. The fraction of sp³-hybridized carbons (Fsp3) is 0.889. The van der Waals surface area contributed by atoms with Gasteiger partial charge >= 0.3 is 5.97 Å². The molecule has 1 heterocycles. The number of carboxylic acids is 1. The fourth-order valence-electron chi connectivity index (χ4n) is 1.79. The van der Waals surface area contributed by atoms with Crippen molar-refractivity contribution in [2.45, 2.75) is 25.3 Å². The lowest BCUT2D eigenvalue weighted by Crippen LogP contribution is -2.37. The average Bonchev–Trinajstić information content (AvgIpc) is 2.54. The number of carbonyl (C=O) groups is 1. The molecule has 0 spiro atoms. The van der Waals surface area contributed by atoms with E-state index in [4.69, 9.17) is 9.84 Å². The smallest absolute Gasteiger partial charge is 0.305 e. The maximum absolute atomic E-state index is 10.6. The average molecular weight is 187 g/mol. The van der Waals surface area contributed by atoms with Gasteiger partial charge < -0.3 is 9.84 Å². The Kier molecular flexibility index (Phi) is 4.18. The molecule has 4 nitrogen and oxygen atoms in total. The van der Waals surface area contributed by atoms with Gasteiger partial charge in [0, 0.05) is 13.2 Å². The lowest BCUT2D eigenvalue weighted by molar-refractivity contribution is -0.138. The number of methoxy groups -OCH3 is 1. The maximum atomic E-state index is 10.6. The van der Waals surface area contributed by atoms with Gasteiger partial charge in [0.1, 0.15) is 0 Å². The van der Waals surface area contributed by atoms with Gasteiger partial charge in [-0.3, -0.25) is 9.69 Å². The van der Waals surface area contributed by atoms with E-state index in [1.165, 1.54) is 12.8 Å². The van der Waals surface area contributed by atoms with E-state index >= 15 is 0 Å². The zero-order chi connectivity index (χ0) is 9.68. The quantitative estimate of drug-likeness (QED) is 0.683. The van der Waals surface area contributed by atoms with Crippen molar-refractivity contribution in [1.82, 2.24) is 4.90 Å². The lowest BCUT2D eigenvalue weighted by atomic mass is 10.2. The Morgan fingerprint density at radius 2 is 2.15 bits per heavy atom. The number of hydrogen-bond acceptors (Lipinski definition) is 3. The lowest BCUT2D eigenvalue weighted by Gasteiger charge is -2.25. The molecule has 0 bridgehead atoms. The molecule has 1 unspecified atom stereocenters. The van der Waals surface area contributed by atoms with Crippen LogP contribution in [0.4, 0.5) is 0 Å². The van der Waals surface area contributed by atoms with Crippen LogP contribution in [0.1, 0.15) is 19.3 Å². The second-order valence-corrected chi connectivity index (χ2v) is 3.45. The van der Waals surface area contributed by atoms with Crippen LogP contribution in [0.25, 0.3) is 0 Å². The summed E-state index contributed by atoms with van der Waals surface area (Å²) in [7, 11) is 1.62. The molecule has 1 aliphatic heterocycles. The Morgan fingerprint density at radius 1 is 1.54 bits per heavy atom. The normalized spacial score (nSPS) is 20.4. The Bertz CT molecular complexity index is 166. The molecule has 1 atom stereocenters. The van der Waals surface area contributed by atoms with Crippen LogP contribution in [0.15, 0.2) is 0 Å². The second-order valence-electron chi connectivity index (χ2n) is 3.45. The molecule has 1 saturated heterocycles. The van der Waals surface area contributed by atoms with Crippen LogP contribution in [-0.4, -0.2) is 48.8 Å². The molecule has 13 heavy (non-hydrogen) atoms. The van der Waals surface area contributed by atoms with E-state index in [1.807, 2.05) is 0 Å². The Balaban J connectivity index is 2.39. The summed E-state index contributed by atoms with van der Waals surface area (Å²) in [5, 5.41) is 8.69. The minimum Gasteiger partial charge on any atom is -0.481 e. The third-order valence-corrected chi connectivity index (χ3v) is 2.43. The van der Waals surface area contributed by atoms with E-state index in [2.05, 4.69) is 4.90 Å². The monoisotopic (exact) mass is 187 g/mol. The number of carboxylic acid groups (broad SMARTS) is 1. The number of ether oxygens (including phenoxy) is 1. The van der Waals surface area contributed by atoms with E-state index in [0.717, 1.165) is 13.1 Å². The zero-order valence-electron chi connectivity index (χ0n) is 8.03. The van der Waals surface area contributed by atoms with Gasteiger partial charge in [0.05, 0.1) is 13.0 Å². The highest BCUT2D eigenvalue weighted by molar-refractivity contribution is 5.67. The first-order valence-corrected chi connectivity index (χ1v) is 4.69. The molecule has 0 amide bonds. The van der Waals surface area contributed by atoms with Crippen molar-refractivity contribution in [2.24, 2.45) is 0 Å². The number of hydrogen-bond donors (Lipinski definition) is 1. The first-order valence-electron chi connectivity index (χ1n) is 4.69. The summed E-state index contributed by atoms with van der Waals surface area (Å²) in [4.78, 5) is 12.8. The second kappa shape index (κ2) is 5.19. The standard InChI is InChI=1S/C9H17NO3/c1-13-7-8(6-9(11)12)10-4-2-3-5-10/h8H,2-7H2,1H3,(H,11,12). The molecule has 1 N–H and O–H groups in total. The third-order valence-electron chi connectivity index (χ3n) is 2.43. The molecule has 0 aliphatic carbocycles. The highest BCUT2D eigenvalue weighted by Crippen LogP contribution is 2.14. The molecular formula is C9H17NO3. The van der Waals surface area contributed by atoms with Crippen LogP contribution in [0.2, 0.25) is 0 Å². The molecule has 1 rings (SSSR count). The van der Waals surface area contributed by atoms with Crippen molar-refractivity contribution in [3.05, 3.63) is 0 Å². The van der Waals surface area contributed by atoms with Crippen molar-refractivity contribution in [3.8, 4) is 0 Å². The SMILES string of the molecule is COCC(CC(=O)O)N1CCCC1. The van der Waals surface area contributed by atoms with E-state index in [-0.39, 0.29) is 12.5 Å². The van der Waals surface area contributed by atoms with E-state index in [1.54, 1.807) is 7.11 Å². The van der Waals surface area contributed by atoms with Gasteiger partial charge in [0.15, 0.2) is 0 Å². The zero-order valence-corrected chi connectivity index (χ0v) is 8.03. The summed E-state index contributed by atoms with van der Waals surface area (Å²) in [6.07, 6.45) is 2.55. The first-order chi connectivity index (χ1) is 6.24. The first kappa shape index (κ1) is 10.5. The molecule has 0 aromatic carbocycles. The number of nitrogens with zero attached hydrogens (tertiary/aromatic N) is 1. The van der Waals surface area contributed by atoms with Gasteiger partial charge in [-0.1, -0.05) is 0 Å². The number of likely N-dealkylation sites (tertiary alicyclic amines) is 1. The number of aliphatic carboxylic acids is 1. The minimum absolute atomic E-state index is 0.0602. The van der Waals surface area contributed by atoms with E-state index < -0.39 is 5.97 Å².